The highest BCUT2D eigenvalue weighted by Crippen LogP contribution is 2.43. The first-order valence-corrected chi connectivity index (χ1v) is 26.9. The Balaban J connectivity index is 0.660. The largest absolute Gasteiger partial charge is 0.490 e. The number of nitrogens with zero attached hydrogens (tertiary/aromatic N) is 6. The van der Waals surface area contributed by atoms with Crippen LogP contribution in [0.4, 0.5) is 5.69 Å². The van der Waals surface area contributed by atoms with Gasteiger partial charge in [0.2, 0.25) is 17.7 Å². The number of rotatable bonds is 16. The van der Waals surface area contributed by atoms with E-state index in [9.17, 15) is 29.6 Å². The van der Waals surface area contributed by atoms with Gasteiger partial charge in [-0.2, -0.15) is 0 Å². The second kappa shape index (κ2) is 22.0. The number of likely N-dealkylation sites (tertiary alicyclic amines) is 2. The average Bonchev–Trinajstić information content (AvgIpc) is 3.96. The zero-order valence-corrected chi connectivity index (χ0v) is 43.1. The maximum absolute atomic E-state index is 14.3. The molecular weight excluding hydrogens is 941 g/mol. The number of thiazole rings is 1. The molecule has 0 unspecified atom stereocenters. The minimum atomic E-state index is -0.880. The SMILES string of the molecule is Cc1ncsc1-c1ccc([C@H](C)NC(=O)[C@@H]2C[C@@H](O)CN2C(=O)[C@@H](NC(=O)CN2CCN(CCN3CCC(OC4CC(Oc5ccc6c(c5)Sc5cc([N+](=O)[O-])ccc5C6)C4)CC3)CC2)C(C)(C)C)cc1. The summed E-state index contributed by atoms with van der Waals surface area (Å²) in [6.07, 6.45) is 4.40. The fraction of sp³-hybridized carbons (Fsp3) is 0.547. The van der Waals surface area contributed by atoms with Crippen molar-refractivity contribution in [2.75, 3.05) is 65.4 Å². The summed E-state index contributed by atoms with van der Waals surface area (Å²) in [6.45, 7) is 17.0. The first-order valence-electron chi connectivity index (χ1n) is 25.2. The Bertz CT molecular complexity index is 2550. The molecular formula is C53H68N8O8S2. The smallest absolute Gasteiger partial charge is 0.270 e. The van der Waals surface area contributed by atoms with E-state index >= 15 is 0 Å². The molecule has 9 rings (SSSR count). The number of piperidine rings is 1. The number of carbonyl (C=O) groups is 3. The van der Waals surface area contributed by atoms with Gasteiger partial charge >= 0.3 is 0 Å². The molecule has 0 radical (unpaired) electrons. The van der Waals surface area contributed by atoms with Crippen LogP contribution in [0.5, 0.6) is 5.75 Å². The van der Waals surface area contributed by atoms with Gasteiger partial charge in [0.05, 0.1) is 51.9 Å². The fourth-order valence-electron chi connectivity index (χ4n) is 10.4. The lowest BCUT2D eigenvalue weighted by molar-refractivity contribution is -0.385. The number of amides is 3. The first kappa shape index (κ1) is 51.0. The summed E-state index contributed by atoms with van der Waals surface area (Å²) in [5, 5.41) is 28.1. The summed E-state index contributed by atoms with van der Waals surface area (Å²) < 4.78 is 12.9. The minimum absolute atomic E-state index is 0.0244. The van der Waals surface area contributed by atoms with E-state index in [-0.39, 0.29) is 72.2 Å². The second-order valence-corrected chi connectivity index (χ2v) is 23.0. The Morgan fingerprint density at radius 3 is 2.18 bits per heavy atom. The van der Waals surface area contributed by atoms with Gasteiger partial charge in [0.1, 0.15) is 23.9 Å². The number of aliphatic hydroxyl groups excluding tert-OH is 1. The minimum Gasteiger partial charge on any atom is -0.490 e. The van der Waals surface area contributed by atoms with E-state index in [2.05, 4.69) is 42.5 Å². The van der Waals surface area contributed by atoms with Crippen molar-refractivity contribution in [1.82, 2.24) is 35.2 Å². The molecule has 0 bridgehead atoms. The average molecular weight is 1010 g/mol. The van der Waals surface area contributed by atoms with Crippen molar-refractivity contribution in [3.63, 3.8) is 0 Å². The Morgan fingerprint density at radius 2 is 1.52 bits per heavy atom. The van der Waals surface area contributed by atoms with Gasteiger partial charge in [-0.25, -0.2) is 4.98 Å². The van der Waals surface area contributed by atoms with Crippen LogP contribution < -0.4 is 15.4 Å². The predicted octanol–water partition coefficient (Wildman–Crippen LogP) is 6.46. The summed E-state index contributed by atoms with van der Waals surface area (Å²) in [7, 11) is 0. The van der Waals surface area contributed by atoms with Gasteiger partial charge in [-0.1, -0.05) is 68.9 Å². The molecule has 1 aliphatic carbocycles. The number of nitro benzene ring substituents is 1. The number of piperazine rings is 1. The van der Waals surface area contributed by atoms with Gasteiger partial charge < -0.3 is 35.0 Å². The molecule has 5 heterocycles. The number of fused-ring (bicyclic) bond motifs is 2. The van der Waals surface area contributed by atoms with Gasteiger partial charge in [-0.15, -0.1) is 11.3 Å². The lowest BCUT2D eigenvalue weighted by Crippen LogP contribution is -2.59. The van der Waals surface area contributed by atoms with Crippen LogP contribution >= 0.6 is 23.1 Å². The number of hydrogen-bond donors (Lipinski definition) is 3. The van der Waals surface area contributed by atoms with Gasteiger partial charge in [0.15, 0.2) is 0 Å². The number of aromatic nitrogens is 1. The summed E-state index contributed by atoms with van der Waals surface area (Å²) in [5.41, 5.74) is 6.58. The van der Waals surface area contributed by atoms with Crippen molar-refractivity contribution in [2.24, 2.45) is 5.41 Å². The third-order valence-corrected chi connectivity index (χ3v) is 17.0. The van der Waals surface area contributed by atoms with Crippen LogP contribution in [0, 0.1) is 22.5 Å². The monoisotopic (exact) mass is 1010 g/mol. The second-order valence-electron chi connectivity index (χ2n) is 21.1. The Morgan fingerprint density at radius 1 is 0.859 bits per heavy atom. The molecule has 0 spiro atoms. The molecule has 4 aromatic rings. The zero-order valence-electron chi connectivity index (χ0n) is 41.5. The van der Waals surface area contributed by atoms with Crippen LogP contribution in [0.1, 0.15) is 88.2 Å². The van der Waals surface area contributed by atoms with Crippen molar-refractivity contribution in [1.29, 1.82) is 0 Å². The highest BCUT2D eigenvalue weighted by molar-refractivity contribution is 7.99. The van der Waals surface area contributed by atoms with Crippen molar-refractivity contribution in [3.8, 4) is 16.2 Å². The van der Waals surface area contributed by atoms with E-state index < -0.39 is 23.6 Å². The van der Waals surface area contributed by atoms with Crippen molar-refractivity contribution in [3.05, 3.63) is 98.7 Å². The molecule has 380 valence electrons. The Hall–Kier alpha value is -4.95. The number of carbonyl (C=O) groups excluding carboxylic acids is 3. The molecule has 16 nitrogen and oxygen atoms in total. The maximum Gasteiger partial charge on any atom is 0.270 e. The summed E-state index contributed by atoms with van der Waals surface area (Å²) >= 11 is 3.16. The molecule has 5 aliphatic rings. The molecule has 71 heavy (non-hydrogen) atoms. The van der Waals surface area contributed by atoms with Gasteiger partial charge in [-0.05, 0) is 72.9 Å². The number of aliphatic hydroxyl groups is 1. The Labute approximate surface area is 425 Å². The Kier molecular flexibility index (Phi) is 15.8. The lowest BCUT2D eigenvalue weighted by atomic mass is 9.85. The van der Waals surface area contributed by atoms with E-state index in [0.717, 1.165) is 127 Å². The van der Waals surface area contributed by atoms with E-state index in [0.29, 0.717) is 0 Å². The quantitative estimate of drug-likeness (QED) is 0.0724. The molecule has 4 aliphatic heterocycles. The molecule has 3 aromatic carbocycles. The predicted molar refractivity (Wildman–Crippen MR) is 274 cm³/mol. The topological polar surface area (TPSA) is 183 Å². The van der Waals surface area contributed by atoms with Crippen molar-refractivity contribution >= 4 is 46.5 Å². The number of ether oxygens (including phenoxy) is 2. The zero-order chi connectivity index (χ0) is 50.0. The van der Waals surface area contributed by atoms with Crippen LogP contribution in [-0.2, 0) is 25.5 Å². The number of nitrogens with one attached hydrogen (secondary N) is 2. The molecule has 18 heteroatoms. The number of non-ortho nitro benzene ring substituents is 1. The molecule has 1 saturated carbocycles. The lowest BCUT2D eigenvalue weighted by Gasteiger charge is -2.40. The van der Waals surface area contributed by atoms with Crippen LogP contribution in [-0.4, -0.2) is 154 Å². The number of hydrogen-bond acceptors (Lipinski definition) is 14. The first-order chi connectivity index (χ1) is 34.0. The van der Waals surface area contributed by atoms with Crippen molar-refractivity contribution in [2.45, 2.75) is 125 Å². The molecule has 3 N–H and O–H groups in total. The third-order valence-electron chi connectivity index (χ3n) is 14.8. The summed E-state index contributed by atoms with van der Waals surface area (Å²) in [6, 6.07) is 17.3. The number of nitro groups is 1. The van der Waals surface area contributed by atoms with Crippen LogP contribution in [0.3, 0.4) is 0 Å². The van der Waals surface area contributed by atoms with Gasteiger partial charge in [0, 0.05) is 100 Å². The van der Waals surface area contributed by atoms with Crippen LogP contribution in [0.2, 0.25) is 0 Å². The molecule has 4 fully saturated rings. The highest BCUT2D eigenvalue weighted by Gasteiger charge is 2.45. The number of β-amino-alcohol motifs (C(OH)–C–C–N with tert-alkyl or cyclic N) is 1. The van der Waals surface area contributed by atoms with Gasteiger partial charge in [-0.3, -0.25) is 34.3 Å². The number of benzene rings is 3. The highest BCUT2D eigenvalue weighted by atomic mass is 32.2. The van der Waals surface area contributed by atoms with Crippen LogP contribution in [0.15, 0.2) is 76.0 Å². The molecule has 3 amide bonds. The molecule has 3 saturated heterocycles. The fourth-order valence-corrected chi connectivity index (χ4v) is 12.4. The van der Waals surface area contributed by atoms with Crippen LogP contribution in [0.25, 0.3) is 10.4 Å². The standard InChI is InChI=1S/C53H68N8O8S2/c1-33(35-6-8-36(9-7-35)49-34(2)54-32-70-49)55-51(64)45-26-40(62)30-60(45)52(65)50(53(3,4)5)56-48(63)31-59-22-20-58(21-23-59)19-18-57-16-14-41(15-17-57)68-43-27-44(28-43)69-42-13-11-38-24-37-10-12-39(61(66)67)25-46(37)71-47(38)29-42/h6-13,25,29,32-33,40-41,43-45,50,62H,14-24,26-28,30-31H2,1-5H3,(H,55,64)(H,56,63)/t33-,40+,43?,44?,45-,50+/m0/s1. The van der Waals surface area contributed by atoms with Gasteiger partial charge in [0.25, 0.3) is 5.69 Å². The van der Waals surface area contributed by atoms with E-state index in [4.69, 9.17) is 9.47 Å². The number of aryl methyl sites for hydroxylation is 1. The molecule has 1 aromatic heterocycles. The third kappa shape index (κ3) is 12.5. The molecule has 4 atom stereocenters. The maximum atomic E-state index is 14.3. The van der Waals surface area contributed by atoms with Crippen molar-refractivity contribution < 1.29 is 33.9 Å². The summed E-state index contributed by atoms with van der Waals surface area (Å²) in [5.74, 6) is -0.0964. The van der Waals surface area contributed by atoms with E-state index in [1.54, 1.807) is 35.2 Å². The van der Waals surface area contributed by atoms with E-state index in [1.807, 2.05) is 76.5 Å². The normalized spacial score (nSPS) is 23.0. The summed E-state index contributed by atoms with van der Waals surface area (Å²) in [4.78, 5) is 68.6. The van der Waals surface area contributed by atoms with E-state index in [1.165, 1.54) is 10.5 Å².